The van der Waals surface area contributed by atoms with Gasteiger partial charge in [0.2, 0.25) is 5.69 Å². The van der Waals surface area contributed by atoms with E-state index in [2.05, 4.69) is 5.10 Å². The average Bonchev–Trinajstić information content (AvgIpc) is 3.01. The molecule has 138 valence electrons. The lowest BCUT2D eigenvalue weighted by molar-refractivity contribution is -0.385. The summed E-state index contributed by atoms with van der Waals surface area (Å²) in [7, 11) is 1.48. The van der Waals surface area contributed by atoms with E-state index in [0.29, 0.717) is 26.2 Å². The van der Waals surface area contributed by atoms with Crippen LogP contribution in [0.15, 0.2) is 24.4 Å². The first-order chi connectivity index (χ1) is 12.4. The summed E-state index contributed by atoms with van der Waals surface area (Å²) in [6.45, 7) is 1.80. The first-order valence-corrected chi connectivity index (χ1v) is 7.99. The number of hydrogen-bond donors (Lipinski definition) is 0. The van der Waals surface area contributed by atoms with Gasteiger partial charge in [0.05, 0.1) is 4.92 Å². The lowest BCUT2D eigenvalue weighted by atomic mass is 10.1. The van der Waals surface area contributed by atoms with Crippen molar-refractivity contribution in [1.82, 2.24) is 19.6 Å². The molecular weight excluding hydrogens is 348 g/mol. The molecule has 1 fully saturated rings. The number of amides is 1. The number of nitrogens with zero attached hydrogens (tertiary/aromatic N) is 5. The van der Waals surface area contributed by atoms with Crippen LogP contribution < -0.4 is 0 Å². The Hall–Kier alpha value is -2.88. The van der Waals surface area contributed by atoms with Crippen molar-refractivity contribution in [1.29, 1.82) is 0 Å². The van der Waals surface area contributed by atoms with Gasteiger partial charge in [-0.15, -0.1) is 0 Å². The quantitative estimate of drug-likeness (QED) is 0.606. The molecule has 0 spiro atoms. The number of aromatic nitrogens is 2. The average molecular weight is 365 g/mol. The summed E-state index contributed by atoms with van der Waals surface area (Å²) in [5, 5.41) is 14.8. The third-order valence-corrected chi connectivity index (χ3v) is 4.40. The summed E-state index contributed by atoms with van der Waals surface area (Å²) >= 11 is 0. The molecule has 8 nitrogen and oxygen atoms in total. The largest absolute Gasteiger partial charge is 0.335 e. The molecule has 26 heavy (non-hydrogen) atoms. The minimum Gasteiger partial charge on any atom is -0.335 e. The van der Waals surface area contributed by atoms with Crippen molar-refractivity contribution >= 4 is 11.6 Å². The molecule has 1 aromatic heterocycles. The maximum atomic E-state index is 13.8. The molecule has 0 saturated carbocycles. The van der Waals surface area contributed by atoms with E-state index in [0.717, 1.165) is 12.3 Å². The van der Waals surface area contributed by atoms with Crippen LogP contribution in [-0.2, 0) is 13.6 Å². The Bertz CT molecular complexity index is 846. The number of piperazine rings is 1. The predicted octanol–water partition coefficient (Wildman–Crippen LogP) is 1.56. The fourth-order valence-electron chi connectivity index (χ4n) is 2.98. The van der Waals surface area contributed by atoms with Gasteiger partial charge in [-0.1, -0.05) is 12.1 Å². The van der Waals surface area contributed by atoms with E-state index in [1.807, 2.05) is 4.90 Å². The van der Waals surface area contributed by atoms with Gasteiger partial charge in [0.25, 0.3) is 5.91 Å². The molecular formula is C16H17F2N5O3. The molecule has 0 atom stereocenters. The van der Waals surface area contributed by atoms with Gasteiger partial charge in [-0.25, -0.2) is 8.78 Å². The summed E-state index contributed by atoms with van der Waals surface area (Å²) in [4.78, 5) is 26.4. The smallest absolute Gasteiger partial charge is 0.320 e. The second-order valence-corrected chi connectivity index (χ2v) is 6.04. The van der Waals surface area contributed by atoms with E-state index < -0.39 is 22.5 Å². The number of aryl methyl sites for hydroxylation is 1. The van der Waals surface area contributed by atoms with Crippen molar-refractivity contribution in [3.63, 3.8) is 0 Å². The van der Waals surface area contributed by atoms with E-state index >= 15 is 0 Å². The van der Waals surface area contributed by atoms with Gasteiger partial charge in [-0.3, -0.25) is 24.5 Å². The fraction of sp³-hybridized carbons (Fsp3) is 0.375. The van der Waals surface area contributed by atoms with Gasteiger partial charge in [0.15, 0.2) is 11.6 Å². The maximum Gasteiger partial charge on any atom is 0.320 e. The first kappa shape index (κ1) is 17.9. The highest BCUT2D eigenvalue weighted by Crippen LogP contribution is 2.20. The number of rotatable bonds is 4. The zero-order chi connectivity index (χ0) is 18.8. The van der Waals surface area contributed by atoms with Crippen LogP contribution in [0, 0.1) is 21.7 Å². The summed E-state index contributed by atoms with van der Waals surface area (Å²) in [6.07, 6.45) is 1.05. The fourth-order valence-corrected chi connectivity index (χ4v) is 2.98. The van der Waals surface area contributed by atoms with Gasteiger partial charge in [0, 0.05) is 45.3 Å². The zero-order valence-corrected chi connectivity index (χ0v) is 14.1. The second kappa shape index (κ2) is 7.16. The van der Waals surface area contributed by atoms with Crippen LogP contribution in [0.5, 0.6) is 0 Å². The van der Waals surface area contributed by atoms with E-state index in [4.69, 9.17) is 0 Å². The maximum absolute atomic E-state index is 13.8. The Kier molecular flexibility index (Phi) is 4.94. The van der Waals surface area contributed by atoms with Crippen LogP contribution >= 0.6 is 0 Å². The predicted molar refractivity (Wildman–Crippen MR) is 87.4 cm³/mol. The number of benzene rings is 1. The van der Waals surface area contributed by atoms with Crippen LogP contribution in [-0.4, -0.2) is 56.6 Å². The SMILES string of the molecule is Cn1ncc([N+](=O)[O-])c1C(=O)N1CCN(Cc2cccc(F)c2F)CC1. The van der Waals surface area contributed by atoms with E-state index in [-0.39, 0.29) is 23.5 Å². The van der Waals surface area contributed by atoms with Crippen molar-refractivity contribution in [2.24, 2.45) is 7.05 Å². The molecule has 10 heteroatoms. The Morgan fingerprint density at radius 3 is 2.62 bits per heavy atom. The molecule has 0 unspecified atom stereocenters. The molecule has 3 rings (SSSR count). The molecule has 0 N–H and O–H groups in total. The number of hydrogen-bond acceptors (Lipinski definition) is 5. The van der Waals surface area contributed by atoms with Crippen molar-refractivity contribution < 1.29 is 18.5 Å². The highest BCUT2D eigenvalue weighted by molar-refractivity contribution is 5.96. The molecule has 1 amide bonds. The van der Waals surface area contributed by atoms with E-state index in [9.17, 15) is 23.7 Å². The van der Waals surface area contributed by atoms with Crippen molar-refractivity contribution in [3.05, 3.63) is 57.4 Å². The number of carbonyl (C=O) groups is 1. The van der Waals surface area contributed by atoms with Crippen LogP contribution in [0.2, 0.25) is 0 Å². The molecule has 2 aromatic rings. The lowest BCUT2D eigenvalue weighted by Crippen LogP contribution is -2.48. The normalized spacial score (nSPS) is 15.3. The van der Waals surface area contributed by atoms with Crippen molar-refractivity contribution in [2.45, 2.75) is 6.54 Å². The number of halogens is 2. The van der Waals surface area contributed by atoms with E-state index in [1.165, 1.54) is 28.8 Å². The summed E-state index contributed by atoms with van der Waals surface area (Å²) < 4.78 is 28.3. The molecule has 2 heterocycles. The van der Waals surface area contributed by atoms with Gasteiger partial charge in [-0.2, -0.15) is 5.10 Å². The Balaban J connectivity index is 1.65. The Morgan fingerprint density at radius 1 is 1.27 bits per heavy atom. The molecule has 1 aromatic carbocycles. The zero-order valence-electron chi connectivity index (χ0n) is 14.1. The first-order valence-electron chi connectivity index (χ1n) is 7.99. The molecule has 1 aliphatic heterocycles. The molecule has 1 saturated heterocycles. The van der Waals surface area contributed by atoms with Crippen LogP contribution in [0.3, 0.4) is 0 Å². The molecule has 0 aliphatic carbocycles. The van der Waals surface area contributed by atoms with Gasteiger partial charge < -0.3 is 4.90 Å². The van der Waals surface area contributed by atoms with Crippen LogP contribution in [0.1, 0.15) is 16.1 Å². The lowest BCUT2D eigenvalue weighted by Gasteiger charge is -2.34. The molecule has 0 radical (unpaired) electrons. The van der Waals surface area contributed by atoms with Crippen molar-refractivity contribution in [3.8, 4) is 0 Å². The van der Waals surface area contributed by atoms with E-state index in [1.54, 1.807) is 0 Å². The monoisotopic (exact) mass is 365 g/mol. The standard InChI is InChI=1S/C16H17F2N5O3/c1-20-15(13(9-19-20)23(25)26)16(24)22-7-5-21(6-8-22)10-11-3-2-4-12(17)14(11)18/h2-4,9H,5-8,10H2,1H3. The van der Waals surface area contributed by atoms with Gasteiger partial charge >= 0.3 is 5.69 Å². The van der Waals surface area contributed by atoms with Gasteiger partial charge in [0.1, 0.15) is 6.20 Å². The highest BCUT2D eigenvalue weighted by atomic mass is 19.2. The van der Waals surface area contributed by atoms with Crippen molar-refractivity contribution in [2.75, 3.05) is 26.2 Å². The third-order valence-electron chi connectivity index (χ3n) is 4.40. The molecule has 1 aliphatic rings. The van der Waals surface area contributed by atoms with Crippen LogP contribution in [0.4, 0.5) is 14.5 Å². The molecule has 0 bridgehead atoms. The Labute approximate surface area is 147 Å². The third kappa shape index (κ3) is 3.40. The van der Waals surface area contributed by atoms with Crippen LogP contribution in [0.25, 0.3) is 0 Å². The minimum atomic E-state index is -0.889. The number of carbonyl (C=O) groups excluding carboxylic acids is 1. The number of nitro groups is 1. The highest BCUT2D eigenvalue weighted by Gasteiger charge is 2.31. The Morgan fingerprint density at radius 2 is 1.96 bits per heavy atom. The topological polar surface area (TPSA) is 84.5 Å². The summed E-state index contributed by atoms with van der Waals surface area (Å²) in [5.41, 5.74) is -0.145. The summed E-state index contributed by atoms with van der Waals surface area (Å²) in [6, 6.07) is 4.04. The summed E-state index contributed by atoms with van der Waals surface area (Å²) in [5.74, 6) is -2.22. The second-order valence-electron chi connectivity index (χ2n) is 6.04. The van der Waals surface area contributed by atoms with Gasteiger partial charge in [-0.05, 0) is 6.07 Å². The minimum absolute atomic E-state index is 0.0698.